The molecule has 3 unspecified atom stereocenters. The second-order valence-corrected chi connectivity index (χ2v) is 8.30. The highest BCUT2D eigenvalue weighted by molar-refractivity contribution is 7.89. The molecular weight excluding hydrogens is 270 g/mol. The number of piperidine rings is 1. The molecule has 4 nitrogen and oxygen atoms in total. The Morgan fingerprint density at radius 1 is 1.20 bits per heavy atom. The van der Waals surface area contributed by atoms with Crippen LogP contribution in [-0.2, 0) is 16.5 Å². The number of fused-ring (bicyclic) bond motifs is 1. The second kappa shape index (κ2) is 5.47. The van der Waals surface area contributed by atoms with E-state index in [-0.39, 0.29) is 0 Å². The highest BCUT2D eigenvalue weighted by atomic mass is 32.2. The predicted molar refractivity (Wildman–Crippen MR) is 81.7 cm³/mol. The van der Waals surface area contributed by atoms with E-state index in [9.17, 15) is 4.21 Å². The molecule has 0 amide bonds. The zero-order valence-corrected chi connectivity index (χ0v) is 12.8. The van der Waals surface area contributed by atoms with Gasteiger partial charge in [0.15, 0.2) is 0 Å². The minimum Gasteiger partial charge on any atom is -0.299 e. The van der Waals surface area contributed by atoms with E-state index in [2.05, 4.69) is 35.2 Å². The van der Waals surface area contributed by atoms with Gasteiger partial charge in [-0.15, -0.1) is 0 Å². The van der Waals surface area contributed by atoms with E-state index in [4.69, 9.17) is 4.78 Å². The molecular formula is C15H23N3OS. The fourth-order valence-electron chi connectivity index (χ4n) is 3.47. The van der Waals surface area contributed by atoms with E-state index in [1.807, 2.05) is 4.31 Å². The van der Waals surface area contributed by atoms with Crippen molar-refractivity contribution in [3.63, 3.8) is 0 Å². The molecule has 0 aliphatic carbocycles. The molecule has 2 heterocycles. The van der Waals surface area contributed by atoms with E-state index in [0.717, 1.165) is 32.7 Å². The Hall–Kier alpha value is -0.910. The number of benzene rings is 1. The van der Waals surface area contributed by atoms with Crippen molar-refractivity contribution in [1.82, 2.24) is 9.21 Å². The second-order valence-electron chi connectivity index (χ2n) is 6.18. The van der Waals surface area contributed by atoms with Gasteiger partial charge in [0.1, 0.15) is 9.92 Å². The lowest BCUT2D eigenvalue weighted by molar-refractivity contribution is 0.142. The zero-order valence-electron chi connectivity index (χ0n) is 12.0. The first-order valence-corrected chi connectivity index (χ1v) is 9.20. The number of rotatable bonds is 3. The highest BCUT2D eigenvalue weighted by Gasteiger charge is 2.39. The van der Waals surface area contributed by atoms with Crippen LogP contribution in [0.15, 0.2) is 30.3 Å². The molecule has 5 heteroatoms. The molecule has 3 atom stereocenters. The molecule has 0 saturated carbocycles. The molecule has 110 valence electrons. The number of hydrogen-bond donors (Lipinski definition) is 1. The Bertz CT molecular complexity index is 558. The first kappa shape index (κ1) is 14.0. The van der Waals surface area contributed by atoms with Crippen LogP contribution in [-0.4, -0.2) is 45.8 Å². The van der Waals surface area contributed by atoms with Gasteiger partial charge in [0, 0.05) is 32.4 Å². The van der Waals surface area contributed by atoms with Crippen LogP contribution in [0.5, 0.6) is 0 Å². The molecule has 2 saturated heterocycles. The topological polar surface area (TPSA) is 47.4 Å². The summed E-state index contributed by atoms with van der Waals surface area (Å²) in [5, 5.41) is 0. The molecule has 20 heavy (non-hydrogen) atoms. The van der Waals surface area contributed by atoms with Crippen molar-refractivity contribution in [2.75, 3.05) is 32.4 Å². The molecule has 0 aromatic heterocycles. The first-order valence-electron chi connectivity index (χ1n) is 7.27. The van der Waals surface area contributed by atoms with Crippen molar-refractivity contribution in [2.45, 2.75) is 13.0 Å². The zero-order chi connectivity index (χ0) is 14.2. The largest absolute Gasteiger partial charge is 0.299 e. The summed E-state index contributed by atoms with van der Waals surface area (Å²) < 4.78 is 21.5. The van der Waals surface area contributed by atoms with Crippen LogP contribution in [0.4, 0.5) is 0 Å². The van der Waals surface area contributed by atoms with Crippen molar-refractivity contribution in [2.24, 2.45) is 11.8 Å². The van der Waals surface area contributed by atoms with Gasteiger partial charge >= 0.3 is 0 Å². The third kappa shape index (κ3) is 3.05. The SMILES string of the molecule is CS(=N)(=O)N1CC2CCN(Cc3ccccc3)CC2C1. The molecule has 0 spiro atoms. The molecule has 0 bridgehead atoms. The number of nitrogens with one attached hydrogen (secondary N) is 1. The average Bonchev–Trinajstić information content (AvgIpc) is 2.83. The lowest BCUT2D eigenvalue weighted by Gasteiger charge is -2.34. The van der Waals surface area contributed by atoms with Crippen molar-refractivity contribution in [3.8, 4) is 0 Å². The maximum atomic E-state index is 11.9. The third-order valence-electron chi connectivity index (χ3n) is 4.59. The molecule has 2 aliphatic heterocycles. The Balaban J connectivity index is 1.62. The number of likely N-dealkylation sites (tertiary alicyclic amines) is 1. The molecule has 1 aromatic carbocycles. The predicted octanol–water partition coefficient (Wildman–Crippen LogP) is 2.03. The highest BCUT2D eigenvalue weighted by Crippen LogP contribution is 2.32. The van der Waals surface area contributed by atoms with Crippen LogP contribution < -0.4 is 0 Å². The van der Waals surface area contributed by atoms with Crippen molar-refractivity contribution < 1.29 is 4.21 Å². The summed E-state index contributed by atoms with van der Waals surface area (Å²) in [6, 6.07) is 10.6. The Morgan fingerprint density at radius 2 is 1.90 bits per heavy atom. The molecule has 2 fully saturated rings. The van der Waals surface area contributed by atoms with Crippen molar-refractivity contribution in [3.05, 3.63) is 35.9 Å². The van der Waals surface area contributed by atoms with Gasteiger partial charge in [0.25, 0.3) is 0 Å². The summed E-state index contributed by atoms with van der Waals surface area (Å²) in [5.41, 5.74) is 1.36. The maximum absolute atomic E-state index is 11.9. The van der Waals surface area contributed by atoms with Gasteiger partial charge in [0.2, 0.25) is 0 Å². The minimum atomic E-state index is -2.52. The van der Waals surface area contributed by atoms with Crippen LogP contribution in [0.3, 0.4) is 0 Å². The van der Waals surface area contributed by atoms with Crippen LogP contribution in [0.2, 0.25) is 0 Å². The van der Waals surface area contributed by atoms with Crippen LogP contribution in [0.25, 0.3) is 0 Å². The van der Waals surface area contributed by atoms with Gasteiger partial charge in [-0.3, -0.25) is 4.90 Å². The summed E-state index contributed by atoms with van der Waals surface area (Å²) >= 11 is 0. The lowest BCUT2D eigenvalue weighted by atomic mass is 9.88. The lowest BCUT2D eigenvalue weighted by Crippen LogP contribution is -2.39. The smallest absolute Gasteiger partial charge is 0.104 e. The van der Waals surface area contributed by atoms with E-state index >= 15 is 0 Å². The average molecular weight is 293 g/mol. The normalized spacial score (nSPS) is 30.9. The minimum absolute atomic E-state index is 0.582. The van der Waals surface area contributed by atoms with Gasteiger partial charge in [-0.05, 0) is 30.4 Å². The Labute approximate surface area is 121 Å². The molecule has 3 rings (SSSR count). The van der Waals surface area contributed by atoms with E-state index in [1.165, 1.54) is 12.0 Å². The maximum Gasteiger partial charge on any atom is 0.104 e. The number of nitrogens with zero attached hydrogens (tertiary/aromatic N) is 2. The third-order valence-corrected chi connectivity index (χ3v) is 5.88. The van der Waals surface area contributed by atoms with Crippen molar-refractivity contribution in [1.29, 1.82) is 4.78 Å². The quantitative estimate of drug-likeness (QED) is 0.927. The summed E-state index contributed by atoms with van der Waals surface area (Å²) in [6.07, 6.45) is 2.72. The fraction of sp³-hybridized carbons (Fsp3) is 0.600. The first-order chi connectivity index (χ1) is 9.52. The summed E-state index contributed by atoms with van der Waals surface area (Å²) in [7, 11) is -2.52. The fourth-order valence-corrected chi connectivity index (χ4v) is 4.42. The summed E-state index contributed by atoms with van der Waals surface area (Å²) in [6.45, 7) is 4.88. The number of hydrogen-bond acceptors (Lipinski definition) is 3. The van der Waals surface area contributed by atoms with E-state index in [1.54, 1.807) is 6.26 Å². The molecule has 1 aromatic rings. The molecule has 1 N–H and O–H groups in total. The monoisotopic (exact) mass is 293 g/mol. The summed E-state index contributed by atoms with van der Waals surface area (Å²) in [5.74, 6) is 1.21. The van der Waals surface area contributed by atoms with Crippen molar-refractivity contribution >= 4 is 9.92 Å². The molecule has 2 aliphatic rings. The van der Waals surface area contributed by atoms with E-state index < -0.39 is 9.92 Å². The van der Waals surface area contributed by atoms with Crippen LogP contribution >= 0.6 is 0 Å². The van der Waals surface area contributed by atoms with Gasteiger partial charge in [-0.25, -0.2) is 13.3 Å². The van der Waals surface area contributed by atoms with Crippen LogP contribution in [0.1, 0.15) is 12.0 Å². The van der Waals surface area contributed by atoms with Gasteiger partial charge in [0.05, 0.1) is 0 Å². The van der Waals surface area contributed by atoms with Crippen LogP contribution in [0, 0.1) is 16.6 Å². The summed E-state index contributed by atoms with van der Waals surface area (Å²) in [4.78, 5) is 2.50. The molecule has 0 radical (unpaired) electrons. The standard InChI is InChI=1S/C15H23N3OS/c1-20(16,19)18-11-14-7-8-17(10-15(14)12-18)9-13-5-3-2-4-6-13/h2-6,14-16H,7-12H2,1H3. The Morgan fingerprint density at radius 3 is 2.60 bits per heavy atom. The van der Waals surface area contributed by atoms with E-state index in [0.29, 0.717) is 11.8 Å². The van der Waals surface area contributed by atoms with Gasteiger partial charge < -0.3 is 0 Å². The van der Waals surface area contributed by atoms with Gasteiger partial charge in [-0.2, -0.15) is 0 Å². The van der Waals surface area contributed by atoms with Gasteiger partial charge in [-0.1, -0.05) is 30.3 Å². The Kier molecular flexibility index (Phi) is 3.84.